The van der Waals surface area contributed by atoms with Crippen molar-refractivity contribution in [3.8, 4) is 5.75 Å². The van der Waals surface area contributed by atoms with Gasteiger partial charge in [0.05, 0.1) is 12.2 Å². The molecule has 1 saturated carbocycles. The van der Waals surface area contributed by atoms with E-state index in [0.717, 1.165) is 24.1 Å². The number of hydrogen-bond acceptors (Lipinski definition) is 4. The van der Waals surface area contributed by atoms with Gasteiger partial charge in [0.15, 0.2) is 12.6 Å². The van der Waals surface area contributed by atoms with E-state index in [4.69, 9.17) is 4.74 Å². The van der Waals surface area contributed by atoms with Crippen molar-refractivity contribution in [1.82, 2.24) is 20.9 Å². The molecule has 3 N–H and O–H groups in total. The Kier molecular flexibility index (Phi) is 8.99. The Morgan fingerprint density at radius 2 is 2.00 bits per heavy atom. The van der Waals surface area contributed by atoms with Crippen LogP contribution in [0.4, 0.5) is 0 Å². The molecule has 2 aromatic rings. The number of nitrogens with zero attached hydrogens (tertiary/aromatic N) is 2. The minimum Gasteiger partial charge on any atom is -0.484 e. The van der Waals surface area contributed by atoms with Crippen LogP contribution in [0.5, 0.6) is 5.75 Å². The van der Waals surface area contributed by atoms with Crippen molar-refractivity contribution in [3.05, 3.63) is 59.9 Å². The molecule has 0 saturated heterocycles. The SMILES string of the molecule is CN=C(NCc1cccc(OCC(=O)NC2CC2)c1)NCc1ccccn1.I. The number of carbonyl (C=O) groups is 1. The van der Waals surface area contributed by atoms with Crippen LogP contribution < -0.4 is 20.7 Å². The lowest BCUT2D eigenvalue weighted by molar-refractivity contribution is -0.123. The van der Waals surface area contributed by atoms with Crippen molar-refractivity contribution in [3.63, 3.8) is 0 Å². The number of nitrogens with one attached hydrogen (secondary N) is 3. The van der Waals surface area contributed by atoms with Crippen molar-refractivity contribution in [2.45, 2.75) is 32.0 Å². The summed E-state index contributed by atoms with van der Waals surface area (Å²) in [5.41, 5.74) is 1.98. The fourth-order valence-corrected chi connectivity index (χ4v) is 2.47. The van der Waals surface area contributed by atoms with Crippen LogP contribution in [0.3, 0.4) is 0 Å². The van der Waals surface area contributed by atoms with Crippen LogP contribution in [0.25, 0.3) is 0 Å². The van der Waals surface area contributed by atoms with Crippen LogP contribution in [0, 0.1) is 0 Å². The minimum absolute atomic E-state index is 0. The van der Waals surface area contributed by atoms with Crippen LogP contribution in [0.2, 0.25) is 0 Å². The second kappa shape index (κ2) is 11.5. The molecule has 0 unspecified atom stereocenters. The topological polar surface area (TPSA) is 87.6 Å². The number of aromatic nitrogens is 1. The normalized spacial score (nSPS) is 13.2. The van der Waals surface area contributed by atoms with Crippen molar-refractivity contribution < 1.29 is 9.53 Å². The van der Waals surface area contributed by atoms with E-state index in [-0.39, 0.29) is 36.5 Å². The maximum absolute atomic E-state index is 11.7. The largest absolute Gasteiger partial charge is 0.484 e. The lowest BCUT2D eigenvalue weighted by Gasteiger charge is -2.12. The van der Waals surface area contributed by atoms with Crippen molar-refractivity contribution >= 4 is 35.8 Å². The Bertz CT molecular complexity index is 781. The fourth-order valence-electron chi connectivity index (χ4n) is 2.47. The standard InChI is InChI=1S/C20H25N5O2.HI/c1-21-20(24-13-17-6-2-3-10-22-17)23-12-15-5-4-7-18(11-15)27-14-19(26)25-16-8-9-16;/h2-7,10-11,16H,8-9,12-14H2,1H3,(H,25,26)(H2,21,23,24);1H. The molecule has 1 aromatic carbocycles. The molecule has 8 heteroatoms. The number of pyridine rings is 1. The Morgan fingerprint density at radius 1 is 1.18 bits per heavy atom. The van der Waals surface area contributed by atoms with Gasteiger partial charge in [-0.1, -0.05) is 18.2 Å². The van der Waals surface area contributed by atoms with Crippen LogP contribution in [-0.4, -0.2) is 36.5 Å². The summed E-state index contributed by atoms with van der Waals surface area (Å²) in [5.74, 6) is 1.30. The second-order valence-electron chi connectivity index (χ2n) is 6.38. The molecular formula is C20H26IN5O2. The third kappa shape index (κ3) is 7.71. The lowest BCUT2D eigenvalue weighted by atomic mass is 10.2. The zero-order chi connectivity index (χ0) is 18.9. The first-order valence-corrected chi connectivity index (χ1v) is 9.08. The molecule has 1 aliphatic rings. The van der Waals surface area contributed by atoms with Crippen LogP contribution in [-0.2, 0) is 17.9 Å². The summed E-state index contributed by atoms with van der Waals surface area (Å²) in [6.45, 7) is 1.23. The first kappa shape index (κ1) is 21.9. The van der Waals surface area contributed by atoms with Crippen molar-refractivity contribution in [2.75, 3.05) is 13.7 Å². The van der Waals surface area contributed by atoms with Gasteiger partial charge in [-0.3, -0.25) is 14.8 Å². The monoisotopic (exact) mass is 495 g/mol. The number of halogens is 1. The number of ether oxygens (including phenoxy) is 1. The molecule has 1 aliphatic carbocycles. The molecule has 1 aromatic heterocycles. The van der Waals surface area contributed by atoms with E-state index in [1.807, 2.05) is 42.5 Å². The summed E-state index contributed by atoms with van der Waals surface area (Å²) in [7, 11) is 1.73. The summed E-state index contributed by atoms with van der Waals surface area (Å²) >= 11 is 0. The molecule has 1 fully saturated rings. The van der Waals surface area contributed by atoms with Crippen LogP contribution in [0.15, 0.2) is 53.7 Å². The average Bonchev–Trinajstić information content (AvgIpc) is 3.52. The van der Waals surface area contributed by atoms with E-state index in [1.54, 1.807) is 13.2 Å². The first-order valence-electron chi connectivity index (χ1n) is 9.08. The van der Waals surface area contributed by atoms with Crippen LogP contribution >= 0.6 is 24.0 Å². The van der Waals surface area contributed by atoms with Crippen molar-refractivity contribution in [1.29, 1.82) is 0 Å². The summed E-state index contributed by atoms with van der Waals surface area (Å²) in [4.78, 5) is 20.2. The van der Waals surface area contributed by atoms with Crippen molar-refractivity contribution in [2.24, 2.45) is 4.99 Å². The number of hydrogen-bond donors (Lipinski definition) is 3. The lowest BCUT2D eigenvalue weighted by Crippen LogP contribution is -2.36. The van der Waals surface area contributed by atoms with Gasteiger partial charge in [0.2, 0.25) is 0 Å². The number of aliphatic imine (C=N–C) groups is 1. The van der Waals surface area contributed by atoms with Gasteiger partial charge in [0.1, 0.15) is 5.75 Å². The Labute approximate surface area is 182 Å². The van der Waals surface area contributed by atoms with E-state index in [1.165, 1.54) is 0 Å². The van der Waals surface area contributed by atoms with E-state index < -0.39 is 0 Å². The van der Waals surface area contributed by atoms with Gasteiger partial charge in [-0.05, 0) is 42.7 Å². The molecule has 0 radical (unpaired) electrons. The highest BCUT2D eigenvalue weighted by Crippen LogP contribution is 2.18. The molecule has 28 heavy (non-hydrogen) atoms. The molecule has 0 spiro atoms. The van der Waals surface area contributed by atoms with Gasteiger partial charge in [0, 0.05) is 25.8 Å². The number of guanidine groups is 1. The Balaban J connectivity index is 0.00000280. The third-order valence-electron chi connectivity index (χ3n) is 4.06. The van der Waals surface area contributed by atoms with E-state index in [0.29, 0.717) is 30.8 Å². The number of benzene rings is 1. The maximum Gasteiger partial charge on any atom is 0.258 e. The predicted octanol–water partition coefficient (Wildman–Crippen LogP) is 2.22. The smallest absolute Gasteiger partial charge is 0.258 e. The summed E-state index contributed by atoms with van der Waals surface area (Å²) in [5, 5.41) is 9.39. The number of amides is 1. The highest BCUT2D eigenvalue weighted by Gasteiger charge is 2.23. The third-order valence-corrected chi connectivity index (χ3v) is 4.06. The maximum atomic E-state index is 11.7. The molecule has 0 atom stereocenters. The number of carbonyl (C=O) groups excluding carboxylic acids is 1. The second-order valence-corrected chi connectivity index (χ2v) is 6.38. The molecule has 7 nitrogen and oxygen atoms in total. The van der Waals surface area contributed by atoms with Crippen LogP contribution in [0.1, 0.15) is 24.1 Å². The first-order chi connectivity index (χ1) is 13.2. The van der Waals surface area contributed by atoms with E-state index in [9.17, 15) is 4.79 Å². The molecule has 0 bridgehead atoms. The van der Waals surface area contributed by atoms with Gasteiger partial charge in [-0.2, -0.15) is 0 Å². The van der Waals surface area contributed by atoms with E-state index in [2.05, 4.69) is 25.9 Å². The Morgan fingerprint density at radius 3 is 2.71 bits per heavy atom. The molecular weight excluding hydrogens is 469 g/mol. The highest BCUT2D eigenvalue weighted by atomic mass is 127. The minimum atomic E-state index is -0.0693. The average molecular weight is 495 g/mol. The summed E-state index contributed by atoms with van der Waals surface area (Å²) < 4.78 is 5.58. The quantitative estimate of drug-likeness (QED) is 0.297. The molecule has 1 heterocycles. The van der Waals surface area contributed by atoms with Gasteiger partial charge in [0.25, 0.3) is 5.91 Å². The van der Waals surface area contributed by atoms with Gasteiger partial charge in [-0.15, -0.1) is 24.0 Å². The Hall–Kier alpha value is -2.36. The highest BCUT2D eigenvalue weighted by molar-refractivity contribution is 14.0. The molecule has 3 rings (SSSR count). The summed E-state index contributed by atoms with van der Waals surface area (Å²) in [6, 6.07) is 13.8. The predicted molar refractivity (Wildman–Crippen MR) is 120 cm³/mol. The number of rotatable bonds is 8. The zero-order valence-electron chi connectivity index (χ0n) is 15.9. The molecule has 0 aliphatic heterocycles. The van der Waals surface area contributed by atoms with Gasteiger partial charge < -0.3 is 20.7 Å². The molecule has 150 valence electrons. The van der Waals surface area contributed by atoms with E-state index >= 15 is 0 Å². The summed E-state index contributed by atoms with van der Waals surface area (Å²) in [6.07, 6.45) is 3.91. The molecule has 1 amide bonds. The fraction of sp³-hybridized carbons (Fsp3) is 0.350. The van der Waals surface area contributed by atoms with Gasteiger partial charge >= 0.3 is 0 Å². The zero-order valence-corrected chi connectivity index (χ0v) is 18.2. The van der Waals surface area contributed by atoms with Gasteiger partial charge in [-0.25, -0.2) is 0 Å².